The average molecular weight is 363 g/mol. The Bertz CT molecular complexity index is 428. The molecule has 0 radical (unpaired) electrons. The number of hydrogen-bond donors (Lipinski definition) is 2. The topological polar surface area (TPSA) is 50.4 Å². The van der Waals surface area contributed by atoms with E-state index in [0.717, 1.165) is 32.1 Å². The number of alkyl halides is 2. The van der Waals surface area contributed by atoms with Crippen molar-refractivity contribution in [3.05, 3.63) is 0 Å². The molecular weight excluding hydrogens is 326 g/mol. The fourth-order valence-electron chi connectivity index (χ4n) is 3.24. The van der Waals surface area contributed by atoms with Crippen LogP contribution in [0.4, 0.5) is 13.6 Å². The third kappa shape index (κ3) is 9.38. The van der Waals surface area contributed by atoms with E-state index in [9.17, 15) is 13.6 Å². The second kappa shape index (κ2) is 8.65. The molecule has 1 amide bonds. The Morgan fingerprint density at radius 2 is 1.64 bits per heavy atom. The summed E-state index contributed by atoms with van der Waals surface area (Å²) < 4.78 is 33.0. The molecule has 1 aliphatic carbocycles. The molecule has 0 aromatic heterocycles. The minimum Gasteiger partial charge on any atom is -0.444 e. The molecule has 1 rings (SSSR count). The number of hydrogen-bond acceptors (Lipinski definition) is 3. The Kier molecular flexibility index (Phi) is 7.66. The fourth-order valence-corrected chi connectivity index (χ4v) is 3.24. The summed E-state index contributed by atoms with van der Waals surface area (Å²) in [6.45, 7) is 10.7. The van der Waals surface area contributed by atoms with Crippen LogP contribution in [0.1, 0.15) is 73.6 Å². The number of nitrogens with one attached hydrogen (secondary N) is 2. The molecule has 2 unspecified atom stereocenters. The van der Waals surface area contributed by atoms with Gasteiger partial charge in [-0.3, -0.25) is 0 Å². The Balaban J connectivity index is 2.37. The normalized spacial score (nSPS) is 23.0. The highest BCUT2D eigenvalue weighted by molar-refractivity contribution is 5.67. The maximum atomic E-state index is 14.0. The third-order valence-electron chi connectivity index (χ3n) is 4.73. The van der Waals surface area contributed by atoms with E-state index in [1.165, 1.54) is 0 Å². The van der Waals surface area contributed by atoms with Crippen LogP contribution >= 0.6 is 0 Å². The lowest BCUT2D eigenvalue weighted by Crippen LogP contribution is -2.46. The molecule has 2 N–H and O–H groups in total. The smallest absolute Gasteiger partial charge is 0.407 e. The molecule has 4 nitrogen and oxygen atoms in total. The molecule has 0 bridgehead atoms. The predicted molar refractivity (Wildman–Crippen MR) is 97.0 cm³/mol. The van der Waals surface area contributed by atoms with Gasteiger partial charge in [0.15, 0.2) is 0 Å². The molecule has 1 fully saturated rings. The summed E-state index contributed by atoms with van der Waals surface area (Å²) in [5.74, 6) is -2.35. The zero-order valence-electron chi connectivity index (χ0n) is 16.7. The van der Waals surface area contributed by atoms with Crippen molar-refractivity contribution in [3.63, 3.8) is 0 Å². The van der Waals surface area contributed by atoms with Crippen molar-refractivity contribution in [2.45, 2.75) is 91.2 Å². The number of carbonyl (C=O) groups is 1. The number of alkyl carbamates (subject to hydrolysis) is 1. The van der Waals surface area contributed by atoms with Gasteiger partial charge < -0.3 is 15.4 Å². The lowest BCUT2D eigenvalue weighted by atomic mass is 9.76. The molecule has 0 aliphatic heterocycles. The van der Waals surface area contributed by atoms with Crippen LogP contribution in [0.15, 0.2) is 0 Å². The summed E-state index contributed by atoms with van der Waals surface area (Å²) in [5.41, 5.74) is -0.419. The summed E-state index contributed by atoms with van der Waals surface area (Å²) in [5, 5.41) is 5.16. The zero-order valence-corrected chi connectivity index (χ0v) is 16.7. The minimum atomic E-state index is -2.99. The first-order chi connectivity index (χ1) is 11.3. The summed E-state index contributed by atoms with van der Waals surface area (Å²) in [7, 11) is 0. The minimum absolute atomic E-state index is 0.125. The largest absolute Gasteiger partial charge is 0.444 e. The molecule has 0 heterocycles. The number of halogens is 2. The van der Waals surface area contributed by atoms with Crippen LogP contribution in [0.25, 0.3) is 0 Å². The second-order valence-electron chi connectivity index (χ2n) is 9.36. The van der Waals surface area contributed by atoms with Gasteiger partial charge in [0.25, 0.3) is 5.92 Å². The molecule has 0 aromatic carbocycles. The van der Waals surface area contributed by atoms with Crippen LogP contribution in [-0.2, 0) is 4.74 Å². The van der Waals surface area contributed by atoms with Crippen molar-refractivity contribution >= 4 is 6.09 Å². The van der Waals surface area contributed by atoms with Crippen LogP contribution in [0.2, 0.25) is 0 Å². The predicted octanol–water partition coefficient (Wildman–Crippen LogP) is 4.73. The molecular formula is C19H36F2N2O2. The van der Waals surface area contributed by atoms with Gasteiger partial charge >= 0.3 is 6.09 Å². The van der Waals surface area contributed by atoms with E-state index in [2.05, 4.69) is 31.4 Å². The summed E-state index contributed by atoms with van der Waals surface area (Å²) in [6, 6.07) is 0.125. The van der Waals surface area contributed by atoms with Crippen molar-refractivity contribution in [2.75, 3.05) is 13.1 Å². The molecule has 0 spiro atoms. The molecule has 0 aromatic rings. The standard InChI is InChI=1S/C19H36F2N2O2/c1-17(2,3)14-8-7-9-15(11-10-14)22-12-19(20,21)13-23-16(24)25-18(4,5)6/h14-15,22H,7-13H2,1-6H3,(H,23,24). The Labute approximate surface area is 151 Å². The Hall–Kier alpha value is -0.910. The monoisotopic (exact) mass is 362 g/mol. The number of carbonyl (C=O) groups excluding carboxylic acids is 1. The highest BCUT2D eigenvalue weighted by Crippen LogP contribution is 2.36. The van der Waals surface area contributed by atoms with E-state index >= 15 is 0 Å². The van der Waals surface area contributed by atoms with Crippen LogP contribution in [0.3, 0.4) is 0 Å². The highest BCUT2D eigenvalue weighted by Gasteiger charge is 2.32. The summed E-state index contributed by atoms with van der Waals surface area (Å²) in [6.07, 6.45) is 4.36. The maximum Gasteiger partial charge on any atom is 0.407 e. The first kappa shape index (κ1) is 22.1. The summed E-state index contributed by atoms with van der Waals surface area (Å²) in [4.78, 5) is 11.5. The van der Waals surface area contributed by atoms with Crippen molar-refractivity contribution in [3.8, 4) is 0 Å². The molecule has 1 saturated carbocycles. The molecule has 0 saturated heterocycles. The number of amides is 1. The van der Waals surface area contributed by atoms with E-state index in [4.69, 9.17) is 4.74 Å². The molecule has 148 valence electrons. The van der Waals surface area contributed by atoms with Gasteiger partial charge in [-0.1, -0.05) is 27.2 Å². The molecule has 1 aliphatic rings. The highest BCUT2D eigenvalue weighted by atomic mass is 19.3. The Morgan fingerprint density at radius 1 is 1.00 bits per heavy atom. The van der Waals surface area contributed by atoms with Gasteiger partial charge in [0, 0.05) is 6.04 Å². The van der Waals surface area contributed by atoms with E-state index in [0.29, 0.717) is 5.92 Å². The van der Waals surface area contributed by atoms with Gasteiger partial charge in [0.1, 0.15) is 5.60 Å². The van der Waals surface area contributed by atoms with E-state index < -0.39 is 30.7 Å². The second-order valence-corrected chi connectivity index (χ2v) is 9.36. The SMILES string of the molecule is CC(C)(C)OC(=O)NCC(F)(F)CNC1CCCC(C(C)(C)C)CC1. The van der Waals surface area contributed by atoms with Crippen molar-refractivity contribution in [1.29, 1.82) is 0 Å². The summed E-state index contributed by atoms with van der Waals surface area (Å²) >= 11 is 0. The van der Waals surface area contributed by atoms with Crippen LogP contribution < -0.4 is 10.6 Å². The van der Waals surface area contributed by atoms with Crippen molar-refractivity contribution < 1.29 is 18.3 Å². The molecule has 6 heteroatoms. The lowest BCUT2D eigenvalue weighted by Gasteiger charge is -2.30. The quantitative estimate of drug-likeness (QED) is 0.695. The van der Waals surface area contributed by atoms with Gasteiger partial charge in [0.2, 0.25) is 0 Å². The van der Waals surface area contributed by atoms with E-state index in [1.54, 1.807) is 20.8 Å². The first-order valence-corrected chi connectivity index (χ1v) is 9.36. The van der Waals surface area contributed by atoms with Crippen LogP contribution in [-0.4, -0.2) is 36.7 Å². The fraction of sp³-hybridized carbons (Fsp3) is 0.947. The Morgan fingerprint density at radius 3 is 2.20 bits per heavy atom. The van der Waals surface area contributed by atoms with Crippen molar-refractivity contribution in [1.82, 2.24) is 10.6 Å². The number of rotatable bonds is 5. The van der Waals surface area contributed by atoms with E-state index in [1.807, 2.05) is 0 Å². The lowest BCUT2D eigenvalue weighted by molar-refractivity contribution is -0.00594. The van der Waals surface area contributed by atoms with Crippen LogP contribution in [0, 0.1) is 11.3 Å². The number of ether oxygens (including phenoxy) is 1. The van der Waals surface area contributed by atoms with Crippen LogP contribution in [0.5, 0.6) is 0 Å². The maximum absolute atomic E-state index is 14.0. The van der Waals surface area contributed by atoms with Gasteiger partial charge in [-0.05, 0) is 57.8 Å². The first-order valence-electron chi connectivity index (χ1n) is 9.36. The van der Waals surface area contributed by atoms with Gasteiger partial charge in [-0.2, -0.15) is 0 Å². The molecule has 2 atom stereocenters. The third-order valence-corrected chi connectivity index (χ3v) is 4.73. The van der Waals surface area contributed by atoms with Gasteiger partial charge in [0.05, 0.1) is 13.1 Å². The zero-order chi connectivity index (χ0) is 19.3. The van der Waals surface area contributed by atoms with E-state index in [-0.39, 0.29) is 11.5 Å². The van der Waals surface area contributed by atoms with Gasteiger partial charge in [-0.25, -0.2) is 13.6 Å². The van der Waals surface area contributed by atoms with Gasteiger partial charge in [-0.15, -0.1) is 0 Å². The average Bonchev–Trinajstić information content (AvgIpc) is 2.67. The van der Waals surface area contributed by atoms with Crippen molar-refractivity contribution in [2.24, 2.45) is 11.3 Å². The molecule has 25 heavy (non-hydrogen) atoms.